The van der Waals surface area contributed by atoms with E-state index >= 15 is 0 Å². The summed E-state index contributed by atoms with van der Waals surface area (Å²) in [6, 6.07) is 6.48. The number of amides is 1. The lowest BCUT2D eigenvalue weighted by Crippen LogP contribution is -2.12. The second-order valence-corrected chi connectivity index (χ2v) is 4.37. The van der Waals surface area contributed by atoms with Crippen LogP contribution >= 0.6 is 11.3 Å². The predicted octanol–water partition coefficient (Wildman–Crippen LogP) is 2.85. The quantitative estimate of drug-likeness (QED) is 0.906. The fourth-order valence-corrected chi connectivity index (χ4v) is 1.96. The average molecular weight is 250 g/mol. The minimum absolute atomic E-state index is 0.150. The van der Waals surface area contributed by atoms with Gasteiger partial charge in [0.1, 0.15) is 5.82 Å². The molecule has 0 saturated heterocycles. The minimum atomic E-state index is -0.269. The Morgan fingerprint density at radius 3 is 2.94 bits per heavy atom. The van der Waals surface area contributed by atoms with Crippen molar-refractivity contribution < 1.29 is 9.18 Å². The number of carbonyl (C=O) groups is 1. The van der Waals surface area contributed by atoms with Gasteiger partial charge in [-0.25, -0.2) is 9.37 Å². The van der Waals surface area contributed by atoms with E-state index in [1.54, 1.807) is 29.8 Å². The first-order valence-electron chi connectivity index (χ1n) is 5.18. The molecule has 0 spiro atoms. The van der Waals surface area contributed by atoms with Crippen LogP contribution in [-0.4, -0.2) is 10.9 Å². The van der Waals surface area contributed by atoms with Crippen molar-refractivity contribution in [1.29, 1.82) is 0 Å². The lowest BCUT2D eigenvalue weighted by molar-refractivity contribution is -0.116. The highest BCUT2D eigenvalue weighted by atomic mass is 32.1. The van der Waals surface area contributed by atoms with Gasteiger partial charge in [-0.3, -0.25) is 4.79 Å². The maximum Gasteiger partial charge on any atom is 0.226 e. The first kappa shape index (κ1) is 11.7. The largest absolute Gasteiger partial charge is 0.302 e. The van der Waals surface area contributed by atoms with Gasteiger partial charge in [-0.1, -0.05) is 18.2 Å². The Kier molecular flexibility index (Phi) is 3.82. The van der Waals surface area contributed by atoms with Crippen LogP contribution in [0.25, 0.3) is 0 Å². The summed E-state index contributed by atoms with van der Waals surface area (Å²) in [6.07, 6.45) is 2.27. The third-order valence-electron chi connectivity index (χ3n) is 2.26. The molecule has 5 heteroatoms. The molecule has 0 aliphatic carbocycles. The summed E-state index contributed by atoms with van der Waals surface area (Å²) in [7, 11) is 0. The minimum Gasteiger partial charge on any atom is -0.302 e. The van der Waals surface area contributed by atoms with E-state index in [1.165, 1.54) is 17.4 Å². The molecule has 88 valence electrons. The zero-order chi connectivity index (χ0) is 12.1. The first-order valence-corrected chi connectivity index (χ1v) is 6.06. The fourth-order valence-electron chi connectivity index (χ4n) is 1.42. The third kappa shape index (κ3) is 3.35. The number of carbonyl (C=O) groups excluding carboxylic acids is 1. The number of anilines is 1. The summed E-state index contributed by atoms with van der Waals surface area (Å²) < 4.78 is 13.3. The van der Waals surface area contributed by atoms with Gasteiger partial charge in [0.05, 0.1) is 0 Å². The van der Waals surface area contributed by atoms with Gasteiger partial charge in [-0.15, -0.1) is 11.3 Å². The van der Waals surface area contributed by atoms with Crippen LogP contribution in [0.2, 0.25) is 0 Å². The van der Waals surface area contributed by atoms with Gasteiger partial charge in [-0.2, -0.15) is 0 Å². The molecule has 1 heterocycles. The number of aromatic nitrogens is 1. The number of thiazole rings is 1. The number of nitrogens with zero attached hydrogens (tertiary/aromatic N) is 1. The molecule has 0 atom stereocenters. The topological polar surface area (TPSA) is 42.0 Å². The Labute approximate surface area is 102 Å². The third-order valence-corrected chi connectivity index (χ3v) is 2.95. The number of halogens is 1. The van der Waals surface area contributed by atoms with Crippen LogP contribution in [0.15, 0.2) is 35.8 Å². The number of benzene rings is 1. The molecule has 0 aliphatic heterocycles. The second kappa shape index (κ2) is 5.54. The van der Waals surface area contributed by atoms with Gasteiger partial charge >= 0.3 is 0 Å². The van der Waals surface area contributed by atoms with Crippen LogP contribution in [0.5, 0.6) is 0 Å². The van der Waals surface area contributed by atoms with Gasteiger partial charge in [0.25, 0.3) is 0 Å². The molecule has 0 bridgehead atoms. The highest BCUT2D eigenvalue weighted by molar-refractivity contribution is 7.13. The first-order chi connectivity index (χ1) is 8.25. The molecule has 2 aromatic rings. The van der Waals surface area contributed by atoms with Gasteiger partial charge in [-0.05, 0) is 18.1 Å². The van der Waals surface area contributed by atoms with E-state index in [9.17, 15) is 9.18 Å². The maximum atomic E-state index is 13.3. The van der Waals surface area contributed by atoms with Gasteiger partial charge in [0.2, 0.25) is 5.91 Å². The Balaban J connectivity index is 1.86. The average Bonchev–Trinajstić information content (AvgIpc) is 2.81. The lowest BCUT2D eigenvalue weighted by atomic mass is 10.1. The van der Waals surface area contributed by atoms with Gasteiger partial charge in [0.15, 0.2) is 5.13 Å². The molecular weight excluding hydrogens is 239 g/mol. The number of nitrogens with one attached hydrogen (secondary N) is 1. The zero-order valence-electron chi connectivity index (χ0n) is 9.02. The highest BCUT2D eigenvalue weighted by Gasteiger charge is 2.06. The molecule has 0 unspecified atom stereocenters. The van der Waals surface area contributed by atoms with E-state index in [2.05, 4.69) is 10.3 Å². The molecule has 1 N–H and O–H groups in total. The smallest absolute Gasteiger partial charge is 0.226 e. The molecule has 1 aromatic heterocycles. The van der Waals surface area contributed by atoms with Crippen LogP contribution in [0.4, 0.5) is 9.52 Å². The Hall–Kier alpha value is -1.75. The maximum absolute atomic E-state index is 13.3. The summed E-state index contributed by atoms with van der Waals surface area (Å²) in [5.74, 6) is -0.419. The van der Waals surface area contributed by atoms with Crippen molar-refractivity contribution in [2.75, 3.05) is 5.32 Å². The molecule has 0 saturated carbocycles. The van der Waals surface area contributed by atoms with Gasteiger partial charge < -0.3 is 5.32 Å². The van der Waals surface area contributed by atoms with E-state index in [-0.39, 0.29) is 18.1 Å². The van der Waals surface area contributed by atoms with Crippen molar-refractivity contribution in [1.82, 2.24) is 4.98 Å². The molecule has 0 aliphatic rings. The van der Waals surface area contributed by atoms with E-state index in [0.717, 1.165) is 0 Å². The monoisotopic (exact) mass is 250 g/mol. The normalized spacial score (nSPS) is 10.2. The SMILES string of the molecule is O=C(CCc1ccccc1F)Nc1nccs1. The van der Waals surface area contributed by atoms with Crippen LogP contribution in [0, 0.1) is 5.82 Å². The molecule has 0 fully saturated rings. The molecule has 3 nitrogen and oxygen atoms in total. The van der Waals surface area contributed by atoms with Gasteiger partial charge in [0, 0.05) is 18.0 Å². The summed E-state index contributed by atoms with van der Waals surface area (Å²) in [6.45, 7) is 0. The summed E-state index contributed by atoms with van der Waals surface area (Å²) in [4.78, 5) is 15.5. The van der Waals surface area contributed by atoms with Crippen molar-refractivity contribution in [3.63, 3.8) is 0 Å². The standard InChI is InChI=1S/C12H11FN2OS/c13-10-4-2-1-3-9(10)5-6-11(16)15-12-14-7-8-17-12/h1-4,7-8H,5-6H2,(H,14,15,16). The van der Waals surface area contributed by atoms with Crippen molar-refractivity contribution in [3.05, 3.63) is 47.2 Å². The number of aryl methyl sites for hydroxylation is 1. The Morgan fingerprint density at radius 1 is 1.41 bits per heavy atom. The number of hydrogen-bond acceptors (Lipinski definition) is 3. The van der Waals surface area contributed by atoms with Crippen LogP contribution in [-0.2, 0) is 11.2 Å². The van der Waals surface area contributed by atoms with Crippen molar-refractivity contribution in [3.8, 4) is 0 Å². The Bertz CT molecular complexity index is 499. The zero-order valence-corrected chi connectivity index (χ0v) is 9.84. The predicted molar refractivity (Wildman–Crippen MR) is 65.5 cm³/mol. The summed E-state index contributed by atoms with van der Waals surface area (Å²) in [5.41, 5.74) is 0.557. The number of rotatable bonds is 4. The van der Waals surface area contributed by atoms with Crippen molar-refractivity contribution in [2.24, 2.45) is 0 Å². The van der Waals surface area contributed by atoms with E-state index in [4.69, 9.17) is 0 Å². The van der Waals surface area contributed by atoms with Crippen LogP contribution in [0.3, 0.4) is 0 Å². The molecule has 17 heavy (non-hydrogen) atoms. The highest BCUT2D eigenvalue weighted by Crippen LogP contribution is 2.12. The molecule has 0 radical (unpaired) electrons. The second-order valence-electron chi connectivity index (χ2n) is 3.48. The van der Waals surface area contributed by atoms with Crippen molar-refractivity contribution in [2.45, 2.75) is 12.8 Å². The molecule has 1 amide bonds. The summed E-state index contributed by atoms with van der Waals surface area (Å²) in [5, 5.41) is 5.01. The summed E-state index contributed by atoms with van der Waals surface area (Å²) >= 11 is 1.36. The van der Waals surface area contributed by atoms with Crippen LogP contribution in [0.1, 0.15) is 12.0 Å². The fraction of sp³-hybridized carbons (Fsp3) is 0.167. The molecule has 1 aromatic carbocycles. The number of hydrogen-bond donors (Lipinski definition) is 1. The van der Waals surface area contributed by atoms with Crippen LogP contribution < -0.4 is 5.32 Å². The lowest BCUT2D eigenvalue weighted by Gasteiger charge is -2.03. The van der Waals surface area contributed by atoms with Crippen molar-refractivity contribution >= 4 is 22.4 Å². The molecule has 2 rings (SSSR count). The van der Waals surface area contributed by atoms with E-state index in [0.29, 0.717) is 17.1 Å². The van der Waals surface area contributed by atoms with E-state index < -0.39 is 0 Å². The molecular formula is C12H11FN2OS. The van der Waals surface area contributed by atoms with E-state index in [1.807, 2.05) is 0 Å². The Morgan fingerprint density at radius 2 is 2.24 bits per heavy atom.